The summed E-state index contributed by atoms with van der Waals surface area (Å²) >= 11 is 0. The number of alkyl halides is 2. The highest BCUT2D eigenvalue weighted by Gasteiger charge is 2.26. The van der Waals surface area contributed by atoms with Crippen molar-refractivity contribution in [3.63, 3.8) is 0 Å². The van der Waals surface area contributed by atoms with Crippen LogP contribution in [0.5, 0.6) is 11.5 Å². The molecule has 3 rings (SSSR count). The number of carbonyl (C=O) groups is 2. The van der Waals surface area contributed by atoms with E-state index in [1.54, 1.807) is 9.58 Å². The average molecular weight is 395 g/mol. The number of piperidine rings is 1. The predicted molar refractivity (Wildman–Crippen MR) is 93.0 cm³/mol. The van der Waals surface area contributed by atoms with Crippen LogP contribution in [0.2, 0.25) is 0 Å². The minimum Gasteiger partial charge on any atom is -0.493 e. The van der Waals surface area contributed by atoms with Crippen LogP contribution in [-0.2, 0) is 0 Å². The number of methoxy groups -OCH3 is 1. The first-order valence-electron chi connectivity index (χ1n) is 8.58. The number of nitrogens with zero attached hydrogens (tertiary/aromatic N) is 3. The molecule has 0 saturated carbocycles. The van der Waals surface area contributed by atoms with Crippen molar-refractivity contribution >= 4 is 11.9 Å². The summed E-state index contributed by atoms with van der Waals surface area (Å²) in [5.41, 5.74) is 0.431. The Morgan fingerprint density at radius 2 is 1.93 bits per heavy atom. The Morgan fingerprint density at radius 1 is 1.21 bits per heavy atom. The van der Waals surface area contributed by atoms with E-state index >= 15 is 0 Å². The molecular formula is C18H19F2N3O5. The Labute approximate surface area is 159 Å². The highest BCUT2D eigenvalue weighted by Crippen LogP contribution is 2.31. The third-order valence-corrected chi connectivity index (χ3v) is 4.60. The van der Waals surface area contributed by atoms with E-state index < -0.39 is 12.6 Å². The zero-order valence-corrected chi connectivity index (χ0v) is 15.0. The number of hydrogen-bond donors (Lipinski definition) is 1. The van der Waals surface area contributed by atoms with E-state index in [0.29, 0.717) is 31.5 Å². The fourth-order valence-corrected chi connectivity index (χ4v) is 3.16. The van der Waals surface area contributed by atoms with E-state index in [1.165, 1.54) is 37.7 Å². The van der Waals surface area contributed by atoms with E-state index in [4.69, 9.17) is 9.84 Å². The number of ether oxygens (including phenoxy) is 2. The van der Waals surface area contributed by atoms with Crippen molar-refractivity contribution in [1.82, 2.24) is 14.7 Å². The summed E-state index contributed by atoms with van der Waals surface area (Å²) in [6.45, 7) is -2.06. The summed E-state index contributed by atoms with van der Waals surface area (Å²) in [7, 11) is 1.31. The number of hydrogen-bond acceptors (Lipinski definition) is 5. The van der Waals surface area contributed by atoms with Crippen LogP contribution in [-0.4, -0.2) is 58.5 Å². The number of aromatic nitrogens is 2. The zero-order chi connectivity index (χ0) is 20.3. The highest BCUT2D eigenvalue weighted by atomic mass is 19.3. The molecule has 8 nitrogen and oxygen atoms in total. The minimum atomic E-state index is -2.99. The maximum absolute atomic E-state index is 12.7. The number of carbonyl (C=O) groups excluding carboxylic acids is 1. The van der Waals surface area contributed by atoms with Gasteiger partial charge in [0.2, 0.25) is 0 Å². The molecule has 0 unspecified atom stereocenters. The molecule has 1 aliphatic rings. The third kappa shape index (κ3) is 4.21. The second kappa shape index (κ2) is 8.24. The number of rotatable bonds is 6. The number of amides is 1. The molecule has 2 heterocycles. The molecule has 0 spiro atoms. The van der Waals surface area contributed by atoms with E-state index in [1.807, 2.05) is 0 Å². The Bertz CT molecular complexity index is 863. The van der Waals surface area contributed by atoms with Gasteiger partial charge in [-0.3, -0.25) is 9.48 Å². The normalized spacial score (nSPS) is 14.9. The van der Waals surface area contributed by atoms with Gasteiger partial charge in [-0.15, -0.1) is 0 Å². The van der Waals surface area contributed by atoms with Crippen LogP contribution >= 0.6 is 0 Å². The lowest BCUT2D eigenvalue weighted by Crippen LogP contribution is -2.39. The van der Waals surface area contributed by atoms with Gasteiger partial charge in [0.05, 0.1) is 24.9 Å². The number of halogens is 2. The van der Waals surface area contributed by atoms with Crippen LogP contribution < -0.4 is 9.47 Å². The fraction of sp³-hybridized carbons (Fsp3) is 0.389. The van der Waals surface area contributed by atoms with Gasteiger partial charge in [0.15, 0.2) is 11.5 Å². The summed E-state index contributed by atoms with van der Waals surface area (Å²) in [5.74, 6) is -1.36. The molecule has 1 N–H and O–H groups in total. The van der Waals surface area contributed by atoms with Crippen molar-refractivity contribution in [2.75, 3.05) is 20.2 Å². The predicted octanol–water partition coefficient (Wildman–Crippen LogP) is 2.67. The van der Waals surface area contributed by atoms with Gasteiger partial charge in [-0.2, -0.15) is 13.9 Å². The van der Waals surface area contributed by atoms with E-state index in [-0.39, 0.29) is 29.0 Å². The topological polar surface area (TPSA) is 93.9 Å². The Balaban J connectivity index is 1.65. The second-order valence-corrected chi connectivity index (χ2v) is 6.28. The number of aromatic carboxylic acids is 1. The Kier molecular flexibility index (Phi) is 5.76. The number of benzene rings is 1. The largest absolute Gasteiger partial charge is 0.493 e. The summed E-state index contributed by atoms with van der Waals surface area (Å²) in [4.78, 5) is 25.3. The Morgan fingerprint density at radius 3 is 2.50 bits per heavy atom. The molecule has 0 radical (unpaired) electrons. The van der Waals surface area contributed by atoms with Crippen molar-refractivity contribution in [2.24, 2.45) is 0 Å². The van der Waals surface area contributed by atoms with E-state index in [2.05, 4.69) is 9.84 Å². The molecule has 2 aromatic rings. The maximum atomic E-state index is 12.7. The van der Waals surface area contributed by atoms with Crippen molar-refractivity contribution in [3.05, 3.63) is 41.7 Å². The van der Waals surface area contributed by atoms with Gasteiger partial charge in [0.25, 0.3) is 5.91 Å². The van der Waals surface area contributed by atoms with E-state index in [9.17, 15) is 18.4 Å². The van der Waals surface area contributed by atoms with Gasteiger partial charge in [-0.1, -0.05) is 0 Å². The molecule has 1 fully saturated rings. The third-order valence-electron chi connectivity index (χ3n) is 4.60. The maximum Gasteiger partial charge on any atom is 0.387 e. The SMILES string of the molecule is COc1cc(C(=O)N2CCC(n3cc(C(=O)O)cn3)CC2)ccc1OC(F)F. The van der Waals surface area contributed by atoms with Crippen molar-refractivity contribution < 1.29 is 33.0 Å². The second-order valence-electron chi connectivity index (χ2n) is 6.28. The van der Waals surface area contributed by atoms with Gasteiger partial charge in [-0.25, -0.2) is 4.79 Å². The van der Waals surface area contributed by atoms with Gasteiger partial charge in [0.1, 0.15) is 0 Å². The summed E-state index contributed by atoms with van der Waals surface area (Å²) in [6, 6.07) is 4.08. The molecular weight excluding hydrogens is 376 g/mol. The average Bonchev–Trinajstić information content (AvgIpc) is 3.18. The molecule has 0 bridgehead atoms. The first-order chi connectivity index (χ1) is 13.4. The molecule has 1 amide bonds. The summed E-state index contributed by atoms with van der Waals surface area (Å²) in [5, 5.41) is 13.1. The van der Waals surface area contributed by atoms with Crippen molar-refractivity contribution in [2.45, 2.75) is 25.5 Å². The van der Waals surface area contributed by atoms with Crippen molar-refractivity contribution in [1.29, 1.82) is 0 Å². The smallest absolute Gasteiger partial charge is 0.387 e. The lowest BCUT2D eigenvalue weighted by atomic mass is 10.0. The number of carboxylic acid groups (broad SMARTS) is 1. The van der Waals surface area contributed by atoms with Crippen LogP contribution in [0.25, 0.3) is 0 Å². The molecule has 0 atom stereocenters. The molecule has 10 heteroatoms. The van der Waals surface area contributed by atoms with Crippen LogP contribution in [0.4, 0.5) is 8.78 Å². The van der Waals surface area contributed by atoms with Gasteiger partial charge in [0, 0.05) is 24.8 Å². The molecule has 1 aliphatic heterocycles. The van der Waals surface area contributed by atoms with Crippen LogP contribution in [0.15, 0.2) is 30.6 Å². The lowest BCUT2D eigenvalue weighted by molar-refractivity contribution is -0.0512. The lowest BCUT2D eigenvalue weighted by Gasteiger charge is -2.32. The van der Waals surface area contributed by atoms with Crippen LogP contribution in [0.3, 0.4) is 0 Å². The van der Waals surface area contributed by atoms with Crippen LogP contribution in [0.1, 0.15) is 39.6 Å². The standard InChI is InChI=1S/C18H19F2N3O5/c1-27-15-8-11(2-3-14(15)28-18(19)20)16(24)22-6-4-13(5-7-22)23-10-12(9-21-23)17(25)26/h2-3,8-10,13,18H,4-7H2,1H3,(H,25,26). The molecule has 1 saturated heterocycles. The number of likely N-dealkylation sites (tertiary alicyclic amines) is 1. The van der Waals surface area contributed by atoms with E-state index in [0.717, 1.165) is 0 Å². The monoisotopic (exact) mass is 395 g/mol. The minimum absolute atomic E-state index is 0.00787. The highest BCUT2D eigenvalue weighted by molar-refractivity contribution is 5.95. The van der Waals surface area contributed by atoms with Crippen LogP contribution in [0, 0.1) is 0 Å². The fourth-order valence-electron chi connectivity index (χ4n) is 3.16. The van der Waals surface area contributed by atoms with Gasteiger partial charge < -0.3 is 19.5 Å². The quantitative estimate of drug-likeness (QED) is 0.808. The van der Waals surface area contributed by atoms with Crippen molar-refractivity contribution in [3.8, 4) is 11.5 Å². The summed E-state index contributed by atoms with van der Waals surface area (Å²) < 4.78 is 35.8. The molecule has 1 aromatic heterocycles. The van der Waals surface area contributed by atoms with Gasteiger partial charge >= 0.3 is 12.6 Å². The number of carboxylic acids is 1. The first-order valence-corrected chi connectivity index (χ1v) is 8.58. The molecule has 0 aliphatic carbocycles. The zero-order valence-electron chi connectivity index (χ0n) is 15.0. The van der Waals surface area contributed by atoms with Gasteiger partial charge in [-0.05, 0) is 31.0 Å². The Hall–Kier alpha value is -3.17. The summed E-state index contributed by atoms with van der Waals surface area (Å²) in [6.07, 6.45) is 4.03. The molecule has 1 aromatic carbocycles. The first kappa shape index (κ1) is 19.6. The molecule has 150 valence electrons. The molecule has 28 heavy (non-hydrogen) atoms.